The number of carbonyl (C=O) groups excluding carboxylic acids is 1. The van der Waals surface area contributed by atoms with Crippen LogP contribution in [0.5, 0.6) is 0 Å². The summed E-state index contributed by atoms with van der Waals surface area (Å²) in [5.74, 6) is 2.16. The maximum Gasteiger partial charge on any atom is 0.323 e. The van der Waals surface area contributed by atoms with Crippen LogP contribution in [-0.4, -0.2) is 22.4 Å². The van der Waals surface area contributed by atoms with E-state index in [-0.39, 0.29) is 11.6 Å². The molecule has 0 saturated heterocycles. The number of aromatic nitrogens is 2. The number of nitrogens with one attached hydrogen (secondary N) is 3. The van der Waals surface area contributed by atoms with Crippen molar-refractivity contribution in [2.45, 2.75) is 12.8 Å². The molecule has 0 aliphatic heterocycles. The number of H-pyrrole nitrogens is 2. The number of carbonyl (C=O) groups is 1. The Morgan fingerprint density at radius 1 is 1.64 bits per heavy atom. The van der Waals surface area contributed by atoms with Gasteiger partial charge in [-0.05, 0) is 6.42 Å². The first kappa shape index (κ1) is 10.1. The minimum atomic E-state index is -0.390. The molecule has 74 valence electrons. The van der Waals surface area contributed by atoms with Crippen molar-refractivity contribution in [2.24, 2.45) is 0 Å². The highest BCUT2D eigenvalue weighted by Crippen LogP contribution is 1.88. The lowest BCUT2D eigenvalue weighted by atomic mass is 10.3. The van der Waals surface area contributed by atoms with Crippen LogP contribution >= 0.6 is 0 Å². The van der Waals surface area contributed by atoms with Crippen molar-refractivity contribution in [1.29, 1.82) is 0 Å². The molecule has 0 aliphatic rings. The van der Waals surface area contributed by atoms with Gasteiger partial charge in [0.2, 0.25) is 0 Å². The zero-order valence-corrected chi connectivity index (χ0v) is 7.59. The summed E-state index contributed by atoms with van der Waals surface area (Å²) in [4.78, 5) is 26.6. The van der Waals surface area contributed by atoms with Crippen LogP contribution in [0.25, 0.3) is 0 Å². The summed E-state index contributed by atoms with van der Waals surface area (Å²) in [7, 11) is 0. The second-order valence-corrected chi connectivity index (χ2v) is 2.72. The van der Waals surface area contributed by atoms with Crippen LogP contribution in [0.2, 0.25) is 0 Å². The van der Waals surface area contributed by atoms with Crippen LogP contribution < -0.4 is 11.0 Å². The summed E-state index contributed by atoms with van der Waals surface area (Å²) in [6.07, 6.45) is 7.74. The van der Waals surface area contributed by atoms with Gasteiger partial charge in [0.15, 0.2) is 0 Å². The highest BCUT2D eigenvalue weighted by atomic mass is 16.2. The average Bonchev–Trinajstić information content (AvgIpc) is 2.59. The maximum absolute atomic E-state index is 11.3. The monoisotopic (exact) mass is 193 g/mol. The van der Waals surface area contributed by atoms with E-state index in [0.717, 1.165) is 6.42 Å². The van der Waals surface area contributed by atoms with Gasteiger partial charge in [0.05, 0.1) is 0 Å². The van der Waals surface area contributed by atoms with E-state index in [4.69, 9.17) is 6.42 Å². The highest BCUT2D eigenvalue weighted by Gasteiger charge is 2.05. The predicted octanol–water partition coefficient (Wildman–Crippen LogP) is -0.154. The quantitative estimate of drug-likeness (QED) is 0.459. The lowest BCUT2D eigenvalue weighted by Gasteiger charge is -2.00. The Hall–Kier alpha value is -1.96. The van der Waals surface area contributed by atoms with Gasteiger partial charge in [-0.15, -0.1) is 12.3 Å². The van der Waals surface area contributed by atoms with Gasteiger partial charge in [0, 0.05) is 19.2 Å². The molecule has 0 aliphatic carbocycles. The summed E-state index contributed by atoms with van der Waals surface area (Å²) in [6.45, 7) is 0.510. The molecule has 0 aromatic carbocycles. The molecule has 1 heterocycles. The number of hydrogen-bond acceptors (Lipinski definition) is 2. The zero-order chi connectivity index (χ0) is 10.4. The maximum atomic E-state index is 11.3. The minimum Gasteiger partial charge on any atom is -0.351 e. The number of imidazole rings is 1. The van der Waals surface area contributed by atoms with Crippen molar-refractivity contribution in [3.8, 4) is 12.3 Å². The molecular weight excluding hydrogens is 182 g/mol. The lowest BCUT2D eigenvalue weighted by Crippen LogP contribution is -2.25. The van der Waals surface area contributed by atoms with Crippen molar-refractivity contribution in [3.63, 3.8) is 0 Å². The van der Waals surface area contributed by atoms with E-state index in [1.54, 1.807) is 0 Å². The Labute approximate surface area is 80.9 Å². The van der Waals surface area contributed by atoms with E-state index < -0.39 is 5.69 Å². The summed E-state index contributed by atoms with van der Waals surface area (Å²) in [6, 6.07) is 0. The molecule has 5 nitrogen and oxygen atoms in total. The van der Waals surface area contributed by atoms with Crippen LogP contribution in [0.3, 0.4) is 0 Å². The SMILES string of the molecule is C#CCCCNC(=O)c1c[nH]c(=O)[nH]1. The second-order valence-electron chi connectivity index (χ2n) is 2.72. The first-order valence-electron chi connectivity index (χ1n) is 4.23. The molecule has 0 unspecified atom stereocenters. The summed E-state index contributed by atoms with van der Waals surface area (Å²) < 4.78 is 0. The molecule has 5 heteroatoms. The lowest BCUT2D eigenvalue weighted by molar-refractivity contribution is 0.0949. The van der Waals surface area contributed by atoms with Crippen LogP contribution in [0, 0.1) is 12.3 Å². The molecule has 0 radical (unpaired) electrons. The Balaban J connectivity index is 2.37. The molecule has 1 amide bonds. The molecule has 3 N–H and O–H groups in total. The number of unbranched alkanes of at least 4 members (excludes halogenated alkanes) is 1. The largest absolute Gasteiger partial charge is 0.351 e. The molecule has 1 aromatic rings. The average molecular weight is 193 g/mol. The fourth-order valence-corrected chi connectivity index (χ4v) is 0.942. The Morgan fingerprint density at radius 3 is 3.00 bits per heavy atom. The Bertz CT molecular complexity index is 397. The van der Waals surface area contributed by atoms with Crippen molar-refractivity contribution in [3.05, 3.63) is 22.4 Å². The number of hydrogen-bond donors (Lipinski definition) is 3. The van der Waals surface area contributed by atoms with Gasteiger partial charge >= 0.3 is 5.69 Å². The fraction of sp³-hybridized carbons (Fsp3) is 0.333. The highest BCUT2D eigenvalue weighted by molar-refractivity contribution is 5.91. The van der Waals surface area contributed by atoms with E-state index in [0.29, 0.717) is 13.0 Å². The van der Waals surface area contributed by atoms with Crippen LogP contribution in [0.1, 0.15) is 23.3 Å². The van der Waals surface area contributed by atoms with Crippen molar-refractivity contribution in [2.75, 3.05) is 6.54 Å². The van der Waals surface area contributed by atoms with E-state index in [1.807, 2.05) is 0 Å². The van der Waals surface area contributed by atoms with Gasteiger partial charge in [-0.2, -0.15) is 0 Å². The third kappa shape index (κ3) is 2.83. The number of amides is 1. The number of terminal acetylenes is 1. The third-order valence-corrected chi connectivity index (χ3v) is 1.62. The van der Waals surface area contributed by atoms with Gasteiger partial charge in [-0.1, -0.05) is 0 Å². The van der Waals surface area contributed by atoms with E-state index >= 15 is 0 Å². The molecular formula is C9H11N3O2. The first-order chi connectivity index (χ1) is 6.74. The Morgan fingerprint density at radius 2 is 2.43 bits per heavy atom. The van der Waals surface area contributed by atoms with Crippen molar-refractivity contribution >= 4 is 5.91 Å². The standard InChI is InChI=1S/C9H11N3O2/c1-2-3-4-5-10-8(13)7-6-11-9(14)12-7/h1,6H,3-5H2,(H,10,13)(H2,11,12,14). The third-order valence-electron chi connectivity index (χ3n) is 1.62. The first-order valence-corrected chi connectivity index (χ1v) is 4.23. The molecule has 0 fully saturated rings. The molecule has 0 bridgehead atoms. The summed E-state index contributed by atoms with van der Waals surface area (Å²) >= 11 is 0. The van der Waals surface area contributed by atoms with Gasteiger partial charge in [0.25, 0.3) is 5.91 Å². The minimum absolute atomic E-state index is 0.232. The zero-order valence-electron chi connectivity index (χ0n) is 7.59. The Kier molecular flexibility index (Phi) is 3.56. The summed E-state index contributed by atoms with van der Waals surface area (Å²) in [5.41, 5.74) is -0.158. The molecule has 1 aromatic heterocycles. The molecule has 14 heavy (non-hydrogen) atoms. The van der Waals surface area contributed by atoms with Crippen LogP contribution in [0.15, 0.2) is 11.0 Å². The van der Waals surface area contributed by atoms with E-state index in [9.17, 15) is 9.59 Å². The summed E-state index contributed by atoms with van der Waals surface area (Å²) in [5, 5.41) is 2.62. The number of rotatable bonds is 4. The fourth-order valence-electron chi connectivity index (χ4n) is 0.942. The van der Waals surface area contributed by atoms with Crippen LogP contribution in [-0.2, 0) is 0 Å². The van der Waals surface area contributed by atoms with Crippen molar-refractivity contribution < 1.29 is 4.79 Å². The van der Waals surface area contributed by atoms with Gasteiger partial charge in [-0.3, -0.25) is 4.79 Å². The topological polar surface area (TPSA) is 77.8 Å². The smallest absolute Gasteiger partial charge is 0.323 e. The number of aromatic amines is 2. The molecule has 0 atom stereocenters. The van der Waals surface area contributed by atoms with E-state index in [1.165, 1.54) is 6.20 Å². The molecule has 0 saturated carbocycles. The molecule has 1 rings (SSSR count). The predicted molar refractivity (Wildman–Crippen MR) is 51.8 cm³/mol. The van der Waals surface area contributed by atoms with Crippen molar-refractivity contribution in [1.82, 2.24) is 15.3 Å². The second kappa shape index (κ2) is 4.92. The van der Waals surface area contributed by atoms with Gasteiger partial charge in [-0.25, -0.2) is 4.79 Å². The van der Waals surface area contributed by atoms with E-state index in [2.05, 4.69) is 21.2 Å². The molecule has 0 spiro atoms. The van der Waals surface area contributed by atoms with Crippen LogP contribution in [0.4, 0.5) is 0 Å². The normalized spacial score (nSPS) is 9.36. The van der Waals surface area contributed by atoms with Gasteiger partial charge < -0.3 is 15.3 Å². The van der Waals surface area contributed by atoms with Gasteiger partial charge in [0.1, 0.15) is 5.69 Å².